The lowest BCUT2D eigenvalue weighted by Gasteiger charge is -2.12. The smallest absolute Gasteiger partial charge is 0.284 e. The van der Waals surface area contributed by atoms with E-state index >= 15 is 0 Å². The van der Waals surface area contributed by atoms with Crippen molar-refractivity contribution in [2.45, 2.75) is 24.7 Å². The number of hydrogen-bond acceptors (Lipinski definition) is 6. The van der Waals surface area contributed by atoms with Crippen molar-refractivity contribution < 1.29 is 22.7 Å². The van der Waals surface area contributed by atoms with Crippen LogP contribution in [0.25, 0.3) is 6.08 Å². The Balaban J connectivity index is 1.92. The lowest BCUT2D eigenvalue weighted by Crippen LogP contribution is -2.29. The number of halogens is 1. The Kier molecular flexibility index (Phi) is 8.82. The van der Waals surface area contributed by atoms with Gasteiger partial charge in [0.15, 0.2) is 16.7 Å². The third-order valence-electron chi connectivity index (χ3n) is 4.75. The molecule has 0 radical (unpaired) electrons. The molecule has 34 heavy (non-hydrogen) atoms. The van der Waals surface area contributed by atoms with Gasteiger partial charge in [-0.05, 0) is 66.2 Å². The molecule has 10 heteroatoms. The number of benzene rings is 2. The topological polar surface area (TPSA) is 85.3 Å². The number of carbonyl (C=O) groups is 1. The Bertz CT molecular complexity index is 1220. The van der Waals surface area contributed by atoms with E-state index in [9.17, 15) is 13.2 Å². The van der Waals surface area contributed by atoms with Crippen LogP contribution < -0.4 is 9.47 Å². The number of rotatable bonds is 10. The molecule has 1 aliphatic heterocycles. The number of amides is 1. The quantitative estimate of drug-likeness (QED) is 0.238. The van der Waals surface area contributed by atoms with Gasteiger partial charge in [-0.25, -0.2) is 0 Å². The highest BCUT2D eigenvalue weighted by molar-refractivity contribution is 8.19. The van der Waals surface area contributed by atoms with Gasteiger partial charge in [0, 0.05) is 11.6 Å². The van der Waals surface area contributed by atoms with E-state index in [0.717, 1.165) is 24.6 Å². The number of hydrogen-bond donors (Lipinski definition) is 0. The molecule has 3 rings (SSSR count). The van der Waals surface area contributed by atoms with Crippen LogP contribution in [-0.4, -0.2) is 44.7 Å². The molecule has 0 spiro atoms. The predicted octanol–water partition coefficient (Wildman–Crippen LogP) is 5.37. The molecule has 1 heterocycles. The van der Waals surface area contributed by atoms with Crippen molar-refractivity contribution in [3.8, 4) is 11.5 Å². The van der Waals surface area contributed by atoms with Crippen LogP contribution in [0, 0.1) is 0 Å². The van der Waals surface area contributed by atoms with Gasteiger partial charge in [0.2, 0.25) is 0 Å². The number of methoxy groups -OCH3 is 1. The summed E-state index contributed by atoms with van der Waals surface area (Å²) in [5.41, 5.74) is 0.705. The maximum Gasteiger partial charge on any atom is 0.284 e. The number of carbonyl (C=O) groups excluding carboxylic acids is 1. The van der Waals surface area contributed by atoms with Crippen LogP contribution in [0.1, 0.15) is 25.3 Å². The Morgan fingerprint density at radius 2 is 1.91 bits per heavy atom. The highest BCUT2D eigenvalue weighted by Gasteiger charge is 2.34. The minimum atomic E-state index is -4.04. The fraction of sp³-hybridized carbons (Fsp3) is 0.250. The molecule has 0 N–H and O–H groups in total. The summed E-state index contributed by atoms with van der Waals surface area (Å²) in [6, 6.07) is 11.0. The first-order valence-corrected chi connectivity index (χ1v) is 13.2. The molecule has 2 aromatic carbocycles. The van der Waals surface area contributed by atoms with E-state index in [0.29, 0.717) is 33.6 Å². The average Bonchev–Trinajstić information content (AvgIpc) is 3.08. The van der Waals surface area contributed by atoms with Crippen LogP contribution in [-0.2, 0) is 14.8 Å². The highest BCUT2D eigenvalue weighted by Crippen LogP contribution is 2.35. The first-order chi connectivity index (χ1) is 16.3. The van der Waals surface area contributed by atoms with Crippen LogP contribution in [0.2, 0.25) is 5.02 Å². The van der Waals surface area contributed by atoms with Gasteiger partial charge in [0.1, 0.15) is 0 Å². The minimum absolute atomic E-state index is 0.0168. The lowest BCUT2D eigenvalue weighted by atomic mass is 10.2. The second kappa shape index (κ2) is 11.6. The summed E-state index contributed by atoms with van der Waals surface area (Å²) in [6.45, 7) is 6.44. The van der Waals surface area contributed by atoms with E-state index in [2.05, 4.69) is 17.9 Å². The van der Waals surface area contributed by atoms with Gasteiger partial charge in [-0.2, -0.15) is 8.42 Å². The van der Waals surface area contributed by atoms with Gasteiger partial charge < -0.3 is 9.47 Å². The zero-order valence-corrected chi connectivity index (χ0v) is 21.3. The van der Waals surface area contributed by atoms with Crippen LogP contribution >= 0.6 is 23.4 Å². The molecule has 180 valence electrons. The van der Waals surface area contributed by atoms with Gasteiger partial charge in [0.25, 0.3) is 15.9 Å². The Morgan fingerprint density at radius 1 is 1.18 bits per heavy atom. The SMILES string of the molecule is C=CCN1C(=O)/C(=C/c2ccc(OCCCC)c(OC)c2)S/C1=N/S(=O)(=O)c1ccc(Cl)cc1. The van der Waals surface area contributed by atoms with Crippen molar-refractivity contribution in [3.05, 3.63) is 70.6 Å². The molecule has 0 atom stereocenters. The first-order valence-electron chi connectivity index (χ1n) is 10.5. The minimum Gasteiger partial charge on any atom is -0.493 e. The molecular weight excluding hydrogens is 496 g/mol. The van der Waals surface area contributed by atoms with Gasteiger partial charge >= 0.3 is 0 Å². The summed E-state index contributed by atoms with van der Waals surface area (Å²) in [4.78, 5) is 14.6. The monoisotopic (exact) mass is 520 g/mol. The maximum absolute atomic E-state index is 13.0. The molecule has 1 fully saturated rings. The van der Waals surface area contributed by atoms with E-state index in [4.69, 9.17) is 21.1 Å². The summed E-state index contributed by atoms with van der Waals surface area (Å²) in [6.07, 6.45) is 5.13. The summed E-state index contributed by atoms with van der Waals surface area (Å²) >= 11 is 6.83. The van der Waals surface area contributed by atoms with Crippen molar-refractivity contribution >= 4 is 50.5 Å². The second-order valence-electron chi connectivity index (χ2n) is 7.23. The van der Waals surface area contributed by atoms with Gasteiger partial charge in [-0.15, -0.1) is 11.0 Å². The predicted molar refractivity (Wildman–Crippen MR) is 137 cm³/mol. The summed E-state index contributed by atoms with van der Waals surface area (Å²) < 4.78 is 40.7. The van der Waals surface area contributed by atoms with Crippen molar-refractivity contribution in [2.75, 3.05) is 20.3 Å². The van der Waals surface area contributed by atoms with E-state index in [-0.39, 0.29) is 22.5 Å². The van der Waals surface area contributed by atoms with E-state index in [1.54, 1.807) is 25.3 Å². The van der Waals surface area contributed by atoms with Crippen LogP contribution in [0.5, 0.6) is 11.5 Å². The number of ether oxygens (including phenoxy) is 2. The van der Waals surface area contributed by atoms with Gasteiger partial charge in [0.05, 0.1) is 23.5 Å². The summed E-state index contributed by atoms with van der Waals surface area (Å²) in [5, 5.41) is 0.463. The zero-order valence-electron chi connectivity index (χ0n) is 18.9. The van der Waals surface area contributed by atoms with E-state index in [1.807, 2.05) is 6.07 Å². The van der Waals surface area contributed by atoms with Crippen LogP contribution in [0.3, 0.4) is 0 Å². The van der Waals surface area contributed by atoms with Crippen molar-refractivity contribution in [3.63, 3.8) is 0 Å². The molecule has 7 nitrogen and oxygen atoms in total. The Hall–Kier alpha value is -2.75. The molecule has 0 unspecified atom stereocenters. The molecule has 0 aromatic heterocycles. The lowest BCUT2D eigenvalue weighted by molar-refractivity contribution is -0.121. The van der Waals surface area contributed by atoms with Crippen LogP contribution in [0.4, 0.5) is 0 Å². The zero-order chi connectivity index (χ0) is 24.7. The average molecular weight is 521 g/mol. The summed E-state index contributed by atoms with van der Waals surface area (Å²) in [7, 11) is -2.49. The van der Waals surface area contributed by atoms with E-state index in [1.165, 1.54) is 35.2 Å². The highest BCUT2D eigenvalue weighted by atomic mass is 35.5. The Labute approximate surface area is 209 Å². The number of nitrogens with zero attached hydrogens (tertiary/aromatic N) is 2. The number of thioether (sulfide) groups is 1. The maximum atomic E-state index is 13.0. The third-order valence-corrected chi connectivity index (χ3v) is 7.41. The Morgan fingerprint density at radius 3 is 2.56 bits per heavy atom. The molecule has 1 saturated heterocycles. The number of amidine groups is 1. The first kappa shape index (κ1) is 25.9. The van der Waals surface area contributed by atoms with Crippen molar-refractivity contribution in [2.24, 2.45) is 4.40 Å². The number of sulfonamides is 1. The molecule has 0 aliphatic carbocycles. The molecule has 0 bridgehead atoms. The molecule has 2 aromatic rings. The largest absolute Gasteiger partial charge is 0.493 e. The fourth-order valence-corrected chi connectivity index (χ4v) is 5.32. The van der Waals surface area contributed by atoms with Gasteiger partial charge in [-0.1, -0.05) is 37.1 Å². The molecule has 1 amide bonds. The summed E-state index contributed by atoms with van der Waals surface area (Å²) in [5.74, 6) is 0.799. The fourth-order valence-electron chi connectivity index (χ4n) is 3.00. The van der Waals surface area contributed by atoms with E-state index < -0.39 is 10.0 Å². The molecule has 1 aliphatic rings. The third kappa shape index (κ3) is 6.22. The van der Waals surface area contributed by atoms with Crippen molar-refractivity contribution in [1.29, 1.82) is 0 Å². The van der Waals surface area contributed by atoms with Gasteiger partial charge in [-0.3, -0.25) is 9.69 Å². The molecule has 0 saturated carbocycles. The normalized spacial score (nSPS) is 16.3. The second-order valence-corrected chi connectivity index (χ2v) is 10.3. The van der Waals surface area contributed by atoms with Crippen LogP contribution in [0.15, 0.2) is 69.3 Å². The standard InChI is InChI=1S/C24H25ClN2O5S2/c1-4-6-14-32-20-12-7-17(15-21(20)31-3)16-22-23(28)27(13-5-2)24(33-22)26-34(29,30)19-10-8-18(25)9-11-19/h5,7-12,15-16H,2,4,6,13-14H2,1,3H3/b22-16-,26-24+. The number of unbranched alkanes of at least 4 members (excludes halogenated alkanes) is 1. The van der Waals surface area contributed by atoms with Crippen molar-refractivity contribution in [1.82, 2.24) is 4.90 Å². The molecular formula is C24H25ClN2O5S2.